The number of allylic oxidation sites excluding steroid dienone is 1. The molecule has 0 nitrogen and oxygen atoms in total. The fraction of sp³-hybridized carbons (Fsp3) is 0.102. The van der Waals surface area contributed by atoms with Gasteiger partial charge in [0.1, 0.15) is 0 Å². The Morgan fingerprint density at radius 3 is 1.86 bits per heavy atom. The van der Waals surface area contributed by atoms with Crippen molar-refractivity contribution in [3.63, 3.8) is 0 Å². The minimum Gasteiger partial charge on any atom is -0.0616 e. The Kier molecular flexibility index (Phi) is 6.15. The van der Waals surface area contributed by atoms with Gasteiger partial charge in [-0.05, 0) is 136 Å². The third-order valence-electron chi connectivity index (χ3n) is 11.4. The van der Waals surface area contributed by atoms with Crippen molar-refractivity contribution in [2.75, 3.05) is 0 Å². The molecule has 10 rings (SSSR count). The zero-order valence-corrected chi connectivity index (χ0v) is 27.9. The van der Waals surface area contributed by atoms with Crippen LogP contribution in [-0.4, -0.2) is 0 Å². The molecule has 0 amide bonds. The molecule has 49 heavy (non-hydrogen) atoms. The van der Waals surface area contributed by atoms with E-state index in [9.17, 15) is 0 Å². The zero-order valence-electron chi connectivity index (χ0n) is 27.9. The molecule has 8 aromatic carbocycles. The highest BCUT2D eigenvalue weighted by molar-refractivity contribution is 6.13. The number of rotatable bonds is 3. The minimum absolute atomic E-state index is 0.0907. The molecule has 232 valence electrons. The molecular weight excluding hydrogens is 589 g/mol. The van der Waals surface area contributed by atoms with Crippen LogP contribution in [-0.2, 0) is 11.8 Å². The van der Waals surface area contributed by atoms with E-state index in [1.54, 1.807) is 0 Å². The highest BCUT2D eigenvalue weighted by Crippen LogP contribution is 2.51. The van der Waals surface area contributed by atoms with Gasteiger partial charge in [-0.15, -0.1) is 0 Å². The Hall–Kier alpha value is -5.72. The van der Waals surface area contributed by atoms with Crippen molar-refractivity contribution >= 4 is 44.0 Å². The number of hydrogen-bond acceptors (Lipinski definition) is 0. The second-order valence-electron chi connectivity index (χ2n) is 14.4. The minimum atomic E-state index is -0.0907. The molecular formula is C49H36. The first-order valence-electron chi connectivity index (χ1n) is 17.6. The van der Waals surface area contributed by atoms with E-state index in [1.165, 1.54) is 99.1 Å². The van der Waals surface area contributed by atoms with Crippen molar-refractivity contribution in [2.24, 2.45) is 0 Å². The van der Waals surface area contributed by atoms with Gasteiger partial charge in [0, 0.05) is 5.41 Å². The van der Waals surface area contributed by atoms with Crippen molar-refractivity contribution in [1.29, 1.82) is 0 Å². The van der Waals surface area contributed by atoms with Crippen LogP contribution in [0.15, 0.2) is 152 Å². The largest absolute Gasteiger partial charge is 0.0616 e. The van der Waals surface area contributed by atoms with Gasteiger partial charge in [-0.2, -0.15) is 0 Å². The zero-order chi connectivity index (χ0) is 32.7. The molecule has 0 radical (unpaired) electrons. The molecule has 0 saturated heterocycles. The lowest BCUT2D eigenvalue weighted by Crippen LogP contribution is -2.15. The SMILES string of the molecule is CC1(C)c2cc(-c3ccc4ccccc4c3)ccc2-c2ccc(-c3cccc4c3CCC(c3cc5ccccc5c5ccccc35)=C4)cc21. The van der Waals surface area contributed by atoms with E-state index in [0.717, 1.165) is 12.8 Å². The lowest BCUT2D eigenvalue weighted by atomic mass is 9.79. The van der Waals surface area contributed by atoms with Crippen molar-refractivity contribution in [3.8, 4) is 33.4 Å². The van der Waals surface area contributed by atoms with E-state index in [0.29, 0.717) is 0 Å². The fourth-order valence-corrected chi connectivity index (χ4v) is 8.79. The molecule has 0 aliphatic heterocycles. The second kappa shape index (κ2) is 10.6. The molecule has 0 spiro atoms. The summed E-state index contributed by atoms with van der Waals surface area (Å²) in [5, 5.41) is 7.88. The van der Waals surface area contributed by atoms with Crippen LogP contribution >= 0.6 is 0 Å². The van der Waals surface area contributed by atoms with Gasteiger partial charge in [-0.3, -0.25) is 0 Å². The fourth-order valence-electron chi connectivity index (χ4n) is 8.79. The van der Waals surface area contributed by atoms with E-state index < -0.39 is 0 Å². The summed E-state index contributed by atoms with van der Waals surface area (Å²) in [6, 6.07) is 56.7. The van der Waals surface area contributed by atoms with Gasteiger partial charge in [0.25, 0.3) is 0 Å². The summed E-state index contributed by atoms with van der Waals surface area (Å²) in [5.41, 5.74) is 16.3. The van der Waals surface area contributed by atoms with E-state index in [1.807, 2.05) is 0 Å². The summed E-state index contributed by atoms with van der Waals surface area (Å²) < 4.78 is 0. The predicted octanol–water partition coefficient (Wildman–Crippen LogP) is 13.3. The molecule has 2 aliphatic rings. The second-order valence-corrected chi connectivity index (χ2v) is 14.4. The van der Waals surface area contributed by atoms with Gasteiger partial charge in [-0.25, -0.2) is 0 Å². The number of benzene rings is 8. The first kappa shape index (κ1) is 28.3. The van der Waals surface area contributed by atoms with Gasteiger partial charge in [-0.1, -0.05) is 147 Å². The Morgan fingerprint density at radius 1 is 0.408 bits per heavy atom. The van der Waals surface area contributed by atoms with Crippen LogP contribution < -0.4 is 0 Å². The maximum Gasteiger partial charge on any atom is 0.0159 e. The van der Waals surface area contributed by atoms with E-state index in [4.69, 9.17) is 0 Å². The normalized spacial score (nSPS) is 14.4. The molecule has 0 heteroatoms. The smallest absolute Gasteiger partial charge is 0.0159 e. The van der Waals surface area contributed by atoms with Crippen LogP contribution in [0, 0.1) is 0 Å². The molecule has 0 fully saturated rings. The van der Waals surface area contributed by atoms with Crippen molar-refractivity contribution in [2.45, 2.75) is 32.1 Å². The van der Waals surface area contributed by atoms with Gasteiger partial charge in [0.2, 0.25) is 0 Å². The molecule has 0 bridgehead atoms. The standard InChI is InChI=1S/C49H36/c1-49(2)47-29-34(33-19-18-31-10-3-4-11-32(31)26-33)20-24-44(47)45-25-22-38(30-48(45)49)39-17-9-13-35-27-37(21-23-41(35)39)46-28-36-12-5-6-14-40(36)42-15-7-8-16-43(42)46/h3-20,22,24-30H,21,23H2,1-2H3. The van der Waals surface area contributed by atoms with E-state index >= 15 is 0 Å². The van der Waals surface area contributed by atoms with Crippen molar-refractivity contribution in [3.05, 3.63) is 179 Å². The lowest BCUT2D eigenvalue weighted by Gasteiger charge is -2.24. The molecule has 0 heterocycles. The lowest BCUT2D eigenvalue weighted by molar-refractivity contribution is 0.661. The molecule has 8 aromatic rings. The van der Waals surface area contributed by atoms with E-state index in [-0.39, 0.29) is 5.41 Å². The maximum atomic E-state index is 2.48. The summed E-state index contributed by atoms with van der Waals surface area (Å²) >= 11 is 0. The number of fused-ring (bicyclic) bond motifs is 8. The number of hydrogen-bond donors (Lipinski definition) is 0. The summed E-state index contributed by atoms with van der Waals surface area (Å²) in [4.78, 5) is 0. The average molecular weight is 625 g/mol. The average Bonchev–Trinajstić information content (AvgIpc) is 3.38. The molecule has 0 aromatic heterocycles. The van der Waals surface area contributed by atoms with Crippen molar-refractivity contribution in [1.82, 2.24) is 0 Å². The van der Waals surface area contributed by atoms with Crippen LogP contribution in [0.25, 0.3) is 77.3 Å². The highest BCUT2D eigenvalue weighted by Gasteiger charge is 2.36. The highest BCUT2D eigenvalue weighted by atomic mass is 14.4. The van der Waals surface area contributed by atoms with Crippen LogP contribution in [0.2, 0.25) is 0 Å². The topological polar surface area (TPSA) is 0 Å². The summed E-state index contributed by atoms with van der Waals surface area (Å²) in [7, 11) is 0. The van der Waals surface area contributed by atoms with Gasteiger partial charge in [0.15, 0.2) is 0 Å². The summed E-state index contributed by atoms with van der Waals surface area (Å²) in [5.74, 6) is 0. The van der Waals surface area contributed by atoms with Crippen LogP contribution in [0.4, 0.5) is 0 Å². The summed E-state index contributed by atoms with van der Waals surface area (Å²) in [6.45, 7) is 4.80. The molecule has 0 N–H and O–H groups in total. The third-order valence-corrected chi connectivity index (χ3v) is 11.4. The van der Waals surface area contributed by atoms with E-state index in [2.05, 4.69) is 172 Å². The monoisotopic (exact) mass is 624 g/mol. The van der Waals surface area contributed by atoms with Gasteiger partial charge >= 0.3 is 0 Å². The molecule has 0 saturated carbocycles. The third kappa shape index (κ3) is 4.37. The Balaban J connectivity index is 1.03. The summed E-state index contributed by atoms with van der Waals surface area (Å²) in [6.07, 6.45) is 4.53. The molecule has 0 unspecified atom stereocenters. The molecule has 0 atom stereocenters. The van der Waals surface area contributed by atoms with Gasteiger partial charge in [0.05, 0.1) is 0 Å². The maximum absolute atomic E-state index is 2.48. The first-order chi connectivity index (χ1) is 24.0. The van der Waals surface area contributed by atoms with Crippen LogP contribution in [0.1, 0.15) is 48.1 Å². The van der Waals surface area contributed by atoms with Crippen molar-refractivity contribution < 1.29 is 0 Å². The molecule has 2 aliphatic carbocycles. The Morgan fingerprint density at radius 2 is 1.04 bits per heavy atom. The Bertz CT molecular complexity index is 2680. The van der Waals surface area contributed by atoms with Crippen LogP contribution in [0.5, 0.6) is 0 Å². The Labute approximate surface area is 288 Å². The van der Waals surface area contributed by atoms with Gasteiger partial charge < -0.3 is 0 Å². The first-order valence-corrected chi connectivity index (χ1v) is 17.6. The predicted molar refractivity (Wildman–Crippen MR) is 210 cm³/mol. The quantitative estimate of drug-likeness (QED) is 0.172. The van der Waals surface area contributed by atoms with Crippen LogP contribution in [0.3, 0.4) is 0 Å².